The number of hydrogen-bond acceptors (Lipinski definition) is 11. The first kappa shape index (κ1) is 46.4. The van der Waals surface area contributed by atoms with Crippen LogP contribution in [0.15, 0.2) is 55.0 Å². The standard InChI is InChI=1S/C49H57FN10O7S/c1-8-11-39-51-24-38(68-39)47-60-33-15-14-27(31-22-52-43(54-31)34-12-9-16-58(34)45(61)41(25(2)3)56-48(63)65-6)18-29(33)20-36(60)40-30(50)19-28(21-37(40)67-47)32-23-53-44(55-32)35-13-10-17-59(35)46(62)42(26(4)5)57-49(64)66-7/h14-15,18-26,34-35,41-42,47H,8-13,16-17H2,1-7H3,(H,52,54)(H,53,55)(H,56,63)(H,57,64). The Morgan fingerprint density at radius 2 is 1.40 bits per heavy atom. The lowest BCUT2D eigenvalue weighted by Gasteiger charge is -2.30. The van der Waals surface area contributed by atoms with Gasteiger partial charge in [0.15, 0.2) is 0 Å². The summed E-state index contributed by atoms with van der Waals surface area (Å²) in [7, 11) is 2.54. The second kappa shape index (κ2) is 19.1. The molecule has 0 aliphatic carbocycles. The molecule has 5 atom stereocenters. The molecule has 7 heterocycles. The van der Waals surface area contributed by atoms with Crippen molar-refractivity contribution >= 4 is 46.2 Å². The Balaban J connectivity index is 1.03. The number of carbonyl (C=O) groups is 4. The van der Waals surface area contributed by atoms with Gasteiger partial charge in [-0.2, -0.15) is 0 Å². The van der Waals surface area contributed by atoms with E-state index in [0.717, 1.165) is 64.1 Å². The molecule has 4 N–H and O–H groups in total. The van der Waals surface area contributed by atoms with Crippen LogP contribution in [0.5, 0.6) is 5.75 Å². The minimum Gasteiger partial charge on any atom is -0.464 e. The number of likely N-dealkylation sites (tertiary alicyclic amines) is 2. The zero-order valence-corrected chi connectivity index (χ0v) is 40.0. The Morgan fingerprint density at radius 1 is 0.809 bits per heavy atom. The molecule has 68 heavy (non-hydrogen) atoms. The van der Waals surface area contributed by atoms with E-state index in [1.54, 1.807) is 33.5 Å². The van der Waals surface area contributed by atoms with Crippen LogP contribution in [0, 0.1) is 17.7 Å². The molecule has 2 fully saturated rings. The van der Waals surface area contributed by atoms with Gasteiger partial charge < -0.3 is 44.6 Å². The highest BCUT2D eigenvalue weighted by Gasteiger charge is 2.40. The van der Waals surface area contributed by atoms with E-state index in [4.69, 9.17) is 29.2 Å². The molecule has 2 aromatic carbocycles. The Kier molecular flexibility index (Phi) is 13.0. The number of aromatic amines is 2. The lowest BCUT2D eigenvalue weighted by atomic mass is 10.0. The maximum atomic E-state index is 16.9. The van der Waals surface area contributed by atoms with E-state index in [2.05, 4.69) is 27.5 Å². The Hall–Kier alpha value is -6.76. The van der Waals surface area contributed by atoms with Crippen LogP contribution in [0.4, 0.5) is 14.0 Å². The van der Waals surface area contributed by atoms with Gasteiger partial charge in [0, 0.05) is 35.8 Å². The number of ether oxygens (including phenoxy) is 3. The molecule has 0 spiro atoms. The number of benzene rings is 2. The van der Waals surface area contributed by atoms with E-state index in [-0.39, 0.29) is 35.7 Å². The normalized spacial score (nSPS) is 18.6. The number of carbonyl (C=O) groups excluding carboxylic acids is 4. The molecule has 19 heteroatoms. The summed E-state index contributed by atoms with van der Waals surface area (Å²) >= 11 is 1.57. The van der Waals surface area contributed by atoms with Crippen molar-refractivity contribution in [2.24, 2.45) is 11.8 Å². The van der Waals surface area contributed by atoms with Crippen molar-refractivity contribution in [1.29, 1.82) is 0 Å². The van der Waals surface area contributed by atoms with Crippen molar-refractivity contribution in [1.82, 2.24) is 49.9 Å². The summed E-state index contributed by atoms with van der Waals surface area (Å²) in [5.41, 5.74) is 4.52. The zero-order chi connectivity index (χ0) is 48.0. The molecule has 3 aliphatic heterocycles. The average Bonchev–Trinajstić information content (AvgIpc) is 4.19. The second-order valence-corrected chi connectivity index (χ2v) is 19.5. The van der Waals surface area contributed by atoms with E-state index in [9.17, 15) is 19.2 Å². The number of nitrogens with zero attached hydrogens (tertiary/aromatic N) is 6. The fraction of sp³-hybridized carbons (Fsp3) is 0.449. The molecule has 17 nitrogen and oxygen atoms in total. The van der Waals surface area contributed by atoms with Gasteiger partial charge in [-0.05, 0) is 80.7 Å². The van der Waals surface area contributed by atoms with Gasteiger partial charge in [0.2, 0.25) is 18.0 Å². The van der Waals surface area contributed by atoms with Gasteiger partial charge in [0.05, 0.1) is 76.7 Å². The number of amides is 4. The van der Waals surface area contributed by atoms with E-state index < -0.39 is 36.3 Å². The predicted octanol–water partition coefficient (Wildman–Crippen LogP) is 8.66. The maximum absolute atomic E-state index is 16.9. The largest absolute Gasteiger partial charge is 0.464 e. The molecule has 4 aromatic heterocycles. The number of nitrogens with one attached hydrogen (secondary N) is 4. The fourth-order valence-electron chi connectivity index (χ4n) is 9.74. The van der Waals surface area contributed by atoms with Crippen LogP contribution >= 0.6 is 11.3 Å². The molecular formula is C49H57FN10O7S. The quantitative estimate of drug-likeness (QED) is 0.0868. The third-order valence-corrected chi connectivity index (χ3v) is 14.3. The zero-order valence-electron chi connectivity index (χ0n) is 39.2. The summed E-state index contributed by atoms with van der Waals surface area (Å²) in [4.78, 5) is 77.3. The number of H-pyrrole nitrogens is 2. The molecule has 9 rings (SSSR count). The molecule has 3 aliphatic rings. The summed E-state index contributed by atoms with van der Waals surface area (Å²) in [6, 6.07) is 9.15. The topological polar surface area (TPSA) is 202 Å². The lowest BCUT2D eigenvalue weighted by Crippen LogP contribution is -2.51. The van der Waals surface area contributed by atoms with E-state index in [0.29, 0.717) is 59.4 Å². The first-order chi connectivity index (χ1) is 32.8. The molecule has 4 amide bonds. The number of methoxy groups -OCH3 is 2. The summed E-state index contributed by atoms with van der Waals surface area (Å²) in [6.07, 6.45) is 7.99. The number of aromatic nitrogens is 6. The van der Waals surface area contributed by atoms with Crippen LogP contribution in [0.3, 0.4) is 0 Å². The number of fused-ring (bicyclic) bond motifs is 5. The van der Waals surface area contributed by atoms with Gasteiger partial charge in [-0.15, -0.1) is 11.3 Å². The van der Waals surface area contributed by atoms with Gasteiger partial charge in [-0.25, -0.2) is 28.9 Å². The summed E-state index contributed by atoms with van der Waals surface area (Å²) in [6.45, 7) is 10.7. The Labute approximate surface area is 397 Å². The van der Waals surface area contributed by atoms with Crippen LogP contribution in [0.2, 0.25) is 0 Å². The average molecular weight is 949 g/mol. The number of halogens is 1. The lowest BCUT2D eigenvalue weighted by molar-refractivity contribution is -0.136. The first-order valence-electron chi connectivity index (χ1n) is 23.3. The van der Waals surface area contributed by atoms with Crippen molar-refractivity contribution in [3.05, 3.63) is 82.3 Å². The Morgan fingerprint density at radius 3 is 1.96 bits per heavy atom. The molecule has 0 saturated carbocycles. The molecule has 6 aromatic rings. The highest BCUT2D eigenvalue weighted by molar-refractivity contribution is 7.11. The van der Waals surface area contributed by atoms with E-state index >= 15 is 4.39 Å². The molecule has 2 saturated heterocycles. The van der Waals surface area contributed by atoms with Gasteiger partial charge in [-0.1, -0.05) is 40.7 Å². The third-order valence-electron chi connectivity index (χ3n) is 13.2. The number of thiazole rings is 1. The summed E-state index contributed by atoms with van der Waals surface area (Å²) in [5.74, 6) is 0.374. The molecule has 5 unspecified atom stereocenters. The van der Waals surface area contributed by atoms with Gasteiger partial charge >= 0.3 is 12.2 Å². The highest BCUT2D eigenvalue weighted by atomic mass is 32.1. The first-order valence-corrected chi connectivity index (χ1v) is 24.1. The van der Waals surface area contributed by atoms with Crippen LogP contribution in [0.1, 0.15) is 107 Å². The van der Waals surface area contributed by atoms with E-state index in [1.165, 1.54) is 20.3 Å². The fourth-order valence-corrected chi connectivity index (χ4v) is 10.8. The van der Waals surface area contributed by atoms with Crippen molar-refractivity contribution in [3.63, 3.8) is 0 Å². The van der Waals surface area contributed by atoms with Crippen LogP contribution in [-0.2, 0) is 25.5 Å². The van der Waals surface area contributed by atoms with Gasteiger partial charge in [0.25, 0.3) is 0 Å². The number of imidazole rings is 2. The SMILES string of the molecule is CCCc1ncc(C2Oc3cc(-c4cnc(C5CCCN5C(=O)C(NC(=O)OC)C(C)C)[nH]4)cc(F)c3-c3cc4cc(-c5cnc(C6CCCN6C(=O)C(NC(=O)OC)C(C)C)[nH]5)ccc4n32)s1. The minimum atomic E-state index is -0.774. The monoisotopic (exact) mass is 948 g/mol. The van der Waals surface area contributed by atoms with Crippen LogP contribution < -0.4 is 15.4 Å². The minimum absolute atomic E-state index is 0.155. The van der Waals surface area contributed by atoms with E-state index in [1.807, 2.05) is 68.8 Å². The molecular weight excluding hydrogens is 892 g/mol. The summed E-state index contributed by atoms with van der Waals surface area (Å²) in [5, 5.41) is 7.23. The Bertz CT molecular complexity index is 2870. The molecule has 0 bridgehead atoms. The third kappa shape index (κ3) is 8.67. The van der Waals surface area contributed by atoms with Crippen LogP contribution in [-0.4, -0.2) is 103 Å². The van der Waals surface area contributed by atoms with Crippen molar-refractivity contribution in [2.45, 2.75) is 104 Å². The maximum Gasteiger partial charge on any atom is 0.407 e. The smallest absolute Gasteiger partial charge is 0.407 e. The number of aryl methyl sites for hydroxylation is 1. The van der Waals surface area contributed by atoms with Gasteiger partial charge in [0.1, 0.15) is 35.3 Å². The number of hydrogen-bond donors (Lipinski definition) is 4. The highest BCUT2D eigenvalue weighted by Crippen LogP contribution is 2.48. The molecule has 0 radical (unpaired) electrons. The summed E-state index contributed by atoms with van der Waals surface area (Å²) < 4.78 is 35.3. The van der Waals surface area contributed by atoms with Crippen molar-refractivity contribution in [2.75, 3.05) is 27.3 Å². The predicted molar refractivity (Wildman–Crippen MR) is 253 cm³/mol. The van der Waals surface area contributed by atoms with Gasteiger partial charge in [-0.3, -0.25) is 14.2 Å². The van der Waals surface area contributed by atoms with Crippen LogP contribution in [0.25, 0.3) is 44.7 Å². The number of rotatable bonds is 13. The molecule has 358 valence electrons. The second-order valence-electron chi connectivity index (χ2n) is 18.3. The number of alkyl carbamates (subject to hydrolysis) is 2. The van der Waals surface area contributed by atoms with Crippen molar-refractivity contribution in [3.8, 4) is 39.5 Å². The van der Waals surface area contributed by atoms with Crippen molar-refractivity contribution < 1.29 is 37.8 Å².